The van der Waals surface area contributed by atoms with Crippen molar-refractivity contribution in [3.63, 3.8) is 0 Å². The number of alkyl halides is 2. The molecule has 1 saturated heterocycles. The molecular weight excluding hydrogens is 465 g/mol. The summed E-state index contributed by atoms with van der Waals surface area (Å²) in [5.41, 5.74) is 1.02. The zero-order valence-electron chi connectivity index (χ0n) is 15.7. The molecular formula is C19H29F2IN4O. The van der Waals surface area contributed by atoms with E-state index in [1.54, 1.807) is 19.2 Å². The van der Waals surface area contributed by atoms with E-state index in [0.717, 1.165) is 50.0 Å². The van der Waals surface area contributed by atoms with Crippen molar-refractivity contribution in [2.45, 2.75) is 44.8 Å². The second kappa shape index (κ2) is 10.9. The van der Waals surface area contributed by atoms with Gasteiger partial charge in [-0.15, -0.1) is 24.0 Å². The molecule has 2 aliphatic rings. The molecule has 2 N–H and O–H groups in total. The second-order valence-corrected chi connectivity index (χ2v) is 7.03. The number of guanidine groups is 1. The van der Waals surface area contributed by atoms with E-state index in [4.69, 9.17) is 0 Å². The predicted octanol–water partition coefficient (Wildman–Crippen LogP) is 3.84. The molecule has 2 fully saturated rings. The third-order valence-electron chi connectivity index (χ3n) is 4.95. The molecule has 0 bridgehead atoms. The van der Waals surface area contributed by atoms with Crippen LogP contribution in [0.2, 0.25) is 0 Å². The number of ether oxygens (including phenoxy) is 1. The number of rotatable bonds is 7. The Morgan fingerprint density at radius 1 is 1.26 bits per heavy atom. The van der Waals surface area contributed by atoms with Crippen molar-refractivity contribution in [2.75, 3.05) is 31.6 Å². The van der Waals surface area contributed by atoms with Crippen LogP contribution in [0, 0.1) is 5.92 Å². The zero-order valence-corrected chi connectivity index (χ0v) is 18.0. The van der Waals surface area contributed by atoms with Crippen molar-refractivity contribution < 1.29 is 13.5 Å². The number of nitrogens with one attached hydrogen (secondary N) is 2. The molecule has 152 valence electrons. The molecule has 0 amide bonds. The summed E-state index contributed by atoms with van der Waals surface area (Å²) in [7, 11) is 1.80. The molecule has 27 heavy (non-hydrogen) atoms. The van der Waals surface area contributed by atoms with E-state index in [0.29, 0.717) is 6.04 Å². The number of anilines is 1. The van der Waals surface area contributed by atoms with Crippen molar-refractivity contribution in [3.8, 4) is 5.75 Å². The molecule has 1 aliphatic heterocycles. The number of nitrogens with zero attached hydrogens (tertiary/aromatic N) is 2. The van der Waals surface area contributed by atoms with E-state index in [9.17, 15) is 8.78 Å². The van der Waals surface area contributed by atoms with Gasteiger partial charge in [-0.25, -0.2) is 0 Å². The Bertz CT molecular complexity index is 596. The topological polar surface area (TPSA) is 48.9 Å². The molecule has 1 heterocycles. The zero-order chi connectivity index (χ0) is 18.4. The highest BCUT2D eigenvalue weighted by atomic mass is 127. The highest BCUT2D eigenvalue weighted by Gasteiger charge is 2.22. The minimum Gasteiger partial charge on any atom is -0.435 e. The number of halogens is 3. The third kappa shape index (κ3) is 7.31. The lowest BCUT2D eigenvalue weighted by atomic mass is 10.0. The number of hydrogen-bond donors (Lipinski definition) is 2. The Hall–Kier alpha value is -1.32. The minimum absolute atomic E-state index is 0. The Kier molecular flexibility index (Phi) is 8.85. The van der Waals surface area contributed by atoms with Crippen LogP contribution in [0.5, 0.6) is 5.75 Å². The van der Waals surface area contributed by atoms with Gasteiger partial charge in [0.15, 0.2) is 5.96 Å². The molecule has 5 nitrogen and oxygen atoms in total. The van der Waals surface area contributed by atoms with Gasteiger partial charge < -0.3 is 20.3 Å². The Morgan fingerprint density at radius 3 is 2.63 bits per heavy atom. The van der Waals surface area contributed by atoms with E-state index in [-0.39, 0.29) is 29.7 Å². The molecule has 1 unspecified atom stereocenters. The van der Waals surface area contributed by atoms with Crippen molar-refractivity contribution in [1.82, 2.24) is 10.6 Å². The van der Waals surface area contributed by atoms with Gasteiger partial charge in [0.2, 0.25) is 0 Å². The van der Waals surface area contributed by atoms with Crippen LogP contribution < -0.4 is 20.3 Å². The maximum atomic E-state index is 12.3. The molecule has 1 saturated carbocycles. The van der Waals surface area contributed by atoms with Crippen LogP contribution in [0.25, 0.3) is 0 Å². The van der Waals surface area contributed by atoms with Crippen molar-refractivity contribution in [1.29, 1.82) is 0 Å². The summed E-state index contributed by atoms with van der Waals surface area (Å²) in [5, 5.41) is 6.91. The van der Waals surface area contributed by atoms with Crippen LogP contribution in [0.4, 0.5) is 14.5 Å². The van der Waals surface area contributed by atoms with Crippen molar-refractivity contribution in [2.24, 2.45) is 10.9 Å². The SMILES string of the molecule is CN=C(NCCC1CC1)NC1CCCN(c2ccc(OC(F)F)cc2)C1.I. The van der Waals surface area contributed by atoms with Crippen LogP contribution in [0.3, 0.4) is 0 Å². The smallest absolute Gasteiger partial charge is 0.387 e. The molecule has 3 rings (SSSR count). The largest absolute Gasteiger partial charge is 0.435 e. The van der Waals surface area contributed by atoms with E-state index in [1.165, 1.54) is 19.3 Å². The summed E-state index contributed by atoms with van der Waals surface area (Å²) in [6, 6.07) is 7.17. The summed E-state index contributed by atoms with van der Waals surface area (Å²) in [6.07, 6.45) is 6.11. The van der Waals surface area contributed by atoms with Gasteiger partial charge in [0, 0.05) is 38.4 Å². The van der Waals surface area contributed by atoms with Gasteiger partial charge >= 0.3 is 6.61 Å². The normalized spacial score (nSPS) is 20.2. The Morgan fingerprint density at radius 2 is 2.00 bits per heavy atom. The highest BCUT2D eigenvalue weighted by Crippen LogP contribution is 2.31. The summed E-state index contributed by atoms with van der Waals surface area (Å²) < 4.78 is 28.9. The van der Waals surface area contributed by atoms with Crippen LogP contribution in [-0.4, -0.2) is 45.3 Å². The molecule has 0 aromatic heterocycles. The Labute approximate surface area is 177 Å². The molecule has 1 aliphatic carbocycles. The lowest BCUT2D eigenvalue weighted by Crippen LogP contribution is -2.51. The average Bonchev–Trinajstić information content (AvgIpc) is 3.45. The maximum absolute atomic E-state index is 12.3. The first-order chi connectivity index (χ1) is 12.6. The third-order valence-corrected chi connectivity index (χ3v) is 4.95. The van der Waals surface area contributed by atoms with E-state index in [1.807, 2.05) is 12.1 Å². The van der Waals surface area contributed by atoms with Gasteiger partial charge in [0.25, 0.3) is 0 Å². The fraction of sp³-hybridized carbons (Fsp3) is 0.632. The van der Waals surface area contributed by atoms with Gasteiger partial charge in [0.1, 0.15) is 5.75 Å². The predicted molar refractivity (Wildman–Crippen MR) is 116 cm³/mol. The fourth-order valence-electron chi connectivity index (χ4n) is 3.36. The lowest BCUT2D eigenvalue weighted by Gasteiger charge is -2.35. The van der Waals surface area contributed by atoms with Gasteiger partial charge in [0.05, 0.1) is 0 Å². The number of aliphatic imine (C=N–C) groups is 1. The summed E-state index contributed by atoms with van der Waals surface area (Å²) in [6.45, 7) is -0.00493. The van der Waals surface area contributed by atoms with Crippen LogP contribution >= 0.6 is 24.0 Å². The first-order valence-electron chi connectivity index (χ1n) is 9.41. The lowest BCUT2D eigenvalue weighted by molar-refractivity contribution is -0.0498. The monoisotopic (exact) mass is 494 g/mol. The summed E-state index contributed by atoms with van der Waals surface area (Å²) >= 11 is 0. The maximum Gasteiger partial charge on any atom is 0.387 e. The first-order valence-corrected chi connectivity index (χ1v) is 9.41. The molecule has 0 spiro atoms. The van der Waals surface area contributed by atoms with Gasteiger partial charge in [-0.2, -0.15) is 8.78 Å². The second-order valence-electron chi connectivity index (χ2n) is 7.03. The molecule has 1 aromatic carbocycles. The number of benzene rings is 1. The van der Waals surface area contributed by atoms with Crippen LogP contribution in [0.15, 0.2) is 29.3 Å². The van der Waals surface area contributed by atoms with Crippen LogP contribution in [0.1, 0.15) is 32.1 Å². The minimum atomic E-state index is -2.79. The van der Waals surface area contributed by atoms with Crippen LogP contribution in [-0.2, 0) is 0 Å². The molecule has 1 aromatic rings. The van der Waals surface area contributed by atoms with E-state index in [2.05, 4.69) is 25.3 Å². The van der Waals surface area contributed by atoms with Crippen molar-refractivity contribution >= 4 is 35.6 Å². The van der Waals surface area contributed by atoms with Gasteiger partial charge in [-0.1, -0.05) is 12.8 Å². The van der Waals surface area contributed by atoms with Crippen molar-refractivity contribution in [3.05, 3.63) is 24.3 Å². The highest BCUT2D eigenvalue weighted by molar-refractivity contribution is 14.0. The molecule has 0 radical (unpaired) electrons. The average molecular weight is 494 g/mol. The fourth-order valence-corrected chi connectivity index (χ4v) is 3.36. The Balaban J connectivity index is 0.00000261. The standard InChI is InChI=1S/C19H28F2N4O.HI/c1-22-19(23-11-10-14-4-5-14)24-15-3-2-12-25(13-15)16-6-8-17(9-7-16)26-18(20)21;/h6-9,14-15,18H,2-5,10-13H2,1H3,(H2,22,23,24);1H. The summed E-state index contributed by atoms with van der Waals surface area (Å²) in [4.78, 5) is 6.59. The first kappa shape index (κ1) is 22.0. The van der Waals surface area contributed by atoms with E-state index >= 15 is 0 Å². The van der Waals surface area contributed by atoms with E-state index < -0.39 is 6.61 Å². The molecule has 1 atom stereocenters. The molecule has 8 heteroatoms. The number of hydrogen-bond acceptors (Lipinski definition) is 3. The quantitative estimate of drug-likeness (QED) is 0.344. The van der Waals surface area contributed by atoms with Gasteiger partial charge in [-0.3, -0.25) is 4.99 Å². The van der Waals surface area contributed by atoms with Gasteiger partial charge in [-0.05, 0) is 49.4 Å². The summed E-state index contributed by atoms with van der Waals surface area (Å²) in [5.74, 6) is 1.96. The number of piperidine rings is 1.